The van der Waals surface area contributed by atoms with Gasteiger partial charge in [-0.1, -0.05) is 0 Å². The molecule has 0 aromatic carbocycles. The first-order chi connectivity index (χ1) is 7.59. The van der Waals surface area contributed by atoms with Crippen molar-refractivity contribution >= 4 is 27.6 Å². The Morgan fingerprint density at radius 1 is 1.38 bits per heavy atom. The van der Waals surface area contributed by atoms with Crippen LogP contribution in [-0.2, 0) is 10.0 Å². The number of nitrogens with two attached hydrogens (primary N) is 1. The highest BCUT2D eigenvalue weighted by Gasteiger charge is 2.21. The average molecular weight is 259 g/mol. The molecule has 0 unspecified atom stereocenters. The maximum atomic E-state index is 11.4. The van der Waals surface area contributed by atoms with Gasteiger partial charge in [0.05, 0.1) is 0 Å². The molecule has 0 bridgehead atoms. The molecule has 2 heterocycles. The number of sulfonamides is 1. The zero-order valence-corrected chi connectivity index (χ0v) is 10.3. The minimum Gasteiger partial charge on any atom is -0.354 e. The fourth-order valence-electron chi connectivity index (χ4n) is 1.62. The van der Waals surface area contributed by atoms with E-state index in [2.05, 4.69) is 4.98 Å². The first kappa shape index (κ1) is 11.7. The van der Waals surface area contributed by atoms with Crippen molar-refractivity contribution in [3.63, 3.8) is 0 Å². The van der Waals surface area contributed by atoms with Crippen molar-refractivity contribution in [2.45, 2.75) is 4.90 Å². The molecule has 2 rings (SSSR count). The predicted octanol–water partition coefficient (Wildman–Crippen LogP) is 0.282. The van der Waals surface area contributed by atoms with Gasteiger partial charge in [0, 0.05) is 30.8 Å². The topological polar surface area (TPSA) is 76.3 Å². The summed E-state index contributed by atoms with van der Waals surface area (Å²) < 4.78 is 22.8. The number of primary sulfonamides is 1. The fourth-order valence-corrected chi connectivity index (χ4v) is 3.22. The summed E-state index contributed by atoms with van der Waals surface area (Å²) in [4.78, 5) is 6.21. The highest BCUT2D eigenvalue weighted by atomic mass is 32.2. The Morgan fingerprint density at radius 2 is 2.06 bits per heavy atom. The molecule has 0 spiro atoms. The molecule has 1 aliphatic rings. The van der Waals surface area contributed by atoms with Crippen LogP contribution in [0.5, 0.6) is 0 Å². The van der Waals surface area contributed by atoms with Crippen molar-refractivity contribution in [1.82, 2.24) is 4.98 Å². The Bertz CT molecular complexity index is 469. The molecule has 88 valence electrons. The lowest BCUT2D eigenvalue weighted by atomic mass is 10.4. The number of pyridine rings is 1. The van der Waals surface area contributed by atoms with Crippen molar-refractivity contribution in [3.8, 4) is 0 Å². The molecule has 0 aliphatic carbocycles. The predicted molar refractivity (Wildman–Crippen MR) is 65.1 cm³/mol. The highest BCUT2D eigenvalue weighted by molar-refractivity contribution is 7.99. The van der Waals surface area contributed by atoms with Crippen molar-refractivity contribution in [2.24, 2.45) is 5.14 Å². The van der Waals surface area contributed by atoms with Crippen LogP contribution < -0.4 is 10.0 Å². The van der Waals surface area contributed by atoms with E-state index in [9.17, 15) is 8.42 Å². The number of rotatable bonds is 2. The van der Waals surface area contributed by atoms with Gasteiger partial charge in [0.2, 0.25) is 10.0 Å². The quantitative estimate of drug-likeness (QED) is 0.825. The van der Waals surface area contributed by atoms with E-state index in [-0.39, 0.29) is 4.90 Å². The lowest BCUT2D eigenvalue weighted by molar-refractivity contribution is 0.597. The Balaban J connectivity index is 2.40. The Labute approximate surface area is 99.1 Å². The van der Waals surface area contributed by atoms with Crippen molar-refractivity contribution in [1.29, 1.82) is 0 Å². The Morgan fingerprint density at radius 3 is 2.69 bits per heavy atom. The number of thioether (sulfide) groups is 1. The number of hydrogen-bond acceptors (Lipinski definition) is 5. The van der Waals surface area contributed by atoms with Crippen LogP contribution in [0.3, 0.4) is 0 Å². The van der Waals surface area contributed by atoms with Crippen LogP contribution in [-0.4, -0.2) is 38.0 Å². The molecule has 16 heavy (non-hydrogen) atoms. The van der Waals surface area contributed by atoms with Crippen LogP contribution in [0.15, 0.2) is 23.2 Å². The molecule has 7 heteroatoms. The third-order valence-electron chi connectivity index (χ3n) is 2.37. The summed E-state index contributed by atoms with van der Waals surface area (Å²) in [5.41, 5.74) is 0. The van der Waals surface area contributed by atoms with Crippen LogP contribution in [0.25, 0.3) is 0 Å². The molecule has 5 nitrogen and oxygen atoms in total. The van der Waals surface area contributed by atoms with Crippen LogP contribution in [0.2, 0.25) is 0 Å². The Hall–Kier alpha value is -0.790. The van der Waals surface area contributed by atoms with E-state index in [0.717, 1.165) is 24.6 Å². The van der Waals surface area contributed by atoms with Crippen LogP contribution in [0.1, 0.15) is 0 Å². The standard InChI is InChI=1S/C9H13N3O2S2/c10-16(13,14)8-2-1-3-11-9(8)12-4-6-15-7-5-12/h1-3H,4-7H2,(H2,10,13,14). The molecule has 2 N–H and O–H groups in total. The summed E-state index contributed by atoms with van der Waals surface area (Å²) in [5.74, 6) is 2.45. The molecule has 0 atom stereocenters. The van der Waals surface area contributed by atoms with Gasteiger partial charge in [0.25, 0.3) is 0 Å². The van der Waals surface area contributed by atoms with Gasteiger partial charge in [-0.3, -0.25) is 0 Å². The summed E-state index contributed by atoms with van der Waals surface area (Å²) in [7, 11) is -3.69. The largest absolute Gasteiger partial charge is 0.354 e. The summed E-state index contributed by atoms with van der Waals surface area (Å²) in [5, 5.41) is 5.16. The molecule has 0 radical (unpaired) electrons. The summed E-state index contributed by atoms with van der Waals surface area (Å²) in [6.07, 6.45) is 1.59. The second kappa shape index (κ2) is 4.60. The zero-order chi connectivity index (χ0) is 11.6. The Kier molecular flexibility index (Phi) is 3.36. The van der Waals surface area contributed by atoms with Gasteiger partial charge in [-0.25, -0.2) is 18.5 Å². The van der Waals surface area contributed by atoms with Crippen molar-refractivity contribution in [2.75, 3.05) is 29.5 Å². The minimum atomic E-state index is -3.69. The molecule has 1 aliphatic heterocycles. The van der Waals surface area contributed by atoms with Gasteiger partial charge in [-0.2, -0.15) is 11.8 Å². The molecular weight excluding hydrogens is 246 g/mol. The first-order valence-corrected chi connectivity index (χ1v) is 7.59. The maximum Gasteiger partial charge on any atom is 0.241 e. The zero-order valence-electron chi connectivity index (χ0n) is 8.67. The third-order valence-corrected chi connectivity index (χ3v) is 4.24. The van der Waals surface area contributed by atoms with Gasteiger partial charge in [-0.15, -0.1) is 0 Å². The van der Waals surface area contributed by atoms with E-state index in [0.29, 0.717) is 5.82 Å². The molecule has 0 amide bonds. The molecular formula is C9H13N3O2S2. The van der Waals surface area contributed by atoms with Gasteiger partial charge in [0.1, 0.15) is 10.7 Å². The lowest BCUT2D eigenvalue weighted by Gasteiger charge is -2.28. The number of hydrogen-bond donors (Lipinski definition) is 1. The number of aromatic nitrogens is 1. The second-order valence-electron chi connectivity index (χ2n) is 3.47. The summed E-state index contributed by atoms with van der Waals surface area (Å²) >= 11 is 1.86. The molecule has 1 aromatic heterocycles. The van der Waals surface area contributed by atoms with E-state index in [1.807, 2.05) is 16.7 Å². The SMILES string of the molecule is NS(=O)(=O)c1cccnc1N1CCSCC1. The highest BCUT2D eigenvalue weighted by Crippen LogP contribution is 2.23. The number of nitrogens with zero attached hydrogens (tertiary/aromatic N) is 2. The van der Waals surface area contributed by atoms with Crippen molar-refractivity contribution < 1.29 is 8.42 Å². The minimum absolute atomic E-state index is 0.113. The van der Waals surface area contributed by atoms with E-state index in [4.69, 9.17) is 5.14 Å². The van der Waals surface area contributed by atoms with E-state index in [1.54, 1.807) is 12.3 Å². The van der Waals surface area contributed by atoms with Gasteiger partial charge < -0.3 is 4.90 Å². The maximum absolute atomic E-state index is 11.4. The lowest BCUT2D eigenvalue weighted by Crippen LogP contribution is -2.34. The smallest absolute Gasteiger partial charge is 0.241 e. The summed E-state index contributed by atoms with van der Waals surface area (Å²) in [6, 6.07) is 3.08. The van der Waals surface area contributed by atoms with Gasteiger partial charge in [0.15, 0.2) is 0 Å². The number of anilines is 1. The van der Waals surface area contributed by atoms with Gasteiger partial charge in [-0.05, 0) is 12.1 Å². The molecule has 1 aromatic rings. The van der Waals surface area contributed by atoms with E-state index in [1.165, 1.54) is 6.07 Å². The fraction of sp³-hybridized carbons (Fsp3) is 0.444. The molecule has 1 saturated heterocycles. The molecule has 0 saturated carbocycles. The monoisotopic (exact) mass is 259 g/mol. The van der Waals surface area contributed by atoms with E-state index >= 15 is 0 Å². The second-order valence-corrected chi connectivity index (χ2v) is 6.22. The van der Waals surface area contributed by atoms with Gasteiger partial charge >= 0.3 is 0 Å². The molecule has 1 fully saturated rings. The van der Waals surface area contributed by atoms with Crippen LogP contribution in [0.4, 0.5) is 5.82 Å². The third kappa shape index (κ3) is 2.47. The summed E-state index contributed by atoms with van der Waals surface area (Å²) in [6.45, 7) is 1.62. The van der Waals surface area contributed by atoms with E-state index < -0.39 is 10.0 Å². The van der Waals surface area contributed by atoms with Crippen LogP contribution >= 0.6 is 11.8 Å². The van der Waals surface area contributed by atoms with Crippen LogP contribution in [0, 0.1) is 0 Å². The average Bonchev–Trinajstić information content (AvgIpc) is 2.29. The normalized spacial score (nSPS) is 17.4. The first-order valence-electron chi connectivity index (χ1n) is 4.89. The van der Waals surface area contributed by atoms with Crippen molar-refractivity contribution in [3.05, 3.63) is 18.3 Å².